The zero-order chi connectivity index (χ0) is 19.3. The van der Waals surface area contributed by atoms with Gasteiger partial charge < -0.3 is 10.3 Å². The lowest BCUT2D eigenvalue weighted by Crippen LogP contribution is -2.13. The third-order valence-corrected chi connectivity index (χ3v) is 4.51. The predicted octanol–water partition coefficient (Wildman–Crippen LogP) is 4.83. The number of benzene rings is 3. The number of amides is 1. The van der Waals surface area contributed by atoms with Crippen molar-refractivity contribution in [2.45, 2.75) is 12.8 Å². The number of anilines is 1. The van der Waals surface area contributed by atoms with Crippen molar-refractivity contribution in [1.82, 2.24) is 9.97 Å². The molecule has 5 nitrogen and oxygen atoms in total. The van der Waals surface area contributed by atoms with Crippen LogP contribution in [-0.2, 0) is 4.79 Å². The molecule has 0 unspecified atom stereocenters. The highest BCUT2D eigenvalue weighted by molar-refractivity contribution is 6.00. The monoisotopic (exact) mass is 369 g/mol. The SMILES string of the molecule is O=C(CCC(=O)c1ccccc1)Nc1ccc(-c2nc3ccccc3[nH]2)cc1. The topological polar surface area (TPSA) is 74.8 Å². The molecule has 0 aliphatic carbocycles. The van der Waals surface area contributed by atoms with Gasteiger partial charge in [-0.3, -0.25) is 9.59 Å². The summed E-state index contributed by atoms with van der Waals surface area (Å²) in [5.41, 5.74) is 4.16. The fourth-order valence-electron chi connectivity index (χ4n) is 3.02. The van der Waals surface area contributed by atoms with Gasteiger partial charge in [0.2, 0.25) is 5.91 Å². The number of H-pyrrole nitrogens is 1. The molecule has 1 aromatic heterocycles. The summed E-state index contributed by atoms with van der Waals surface area (Å²) in [4.78, 5) is 32.1. The van der Waals surface area contributed by atoms with Gasteiger partial charge in [-0.15, -0.1) is 0 Å². The summed E-state index contributed by atoms with van der Waals surface area (Å²) in [5.74, 6) is 0.573. The van der Waals surface area contributed by atoms with Crippen molar-refractivity contribution in [3.05, 3.63) is 84.4 Å². The van der Waals surface area contributed by atoms with Crippen molar-refractivity contribution in [3.8, 4) is 11.4 Å². The average molecular weight is 369 g/mol. The Kier molecular flexibility index (Phi) is 4.97. The van der Waals surface area contributed by atoms with Crippen LogP contribution in [-0.4, -0.2) is 21.7 Å². The number of aromatic amines is 1. The van der Waals surface area contributed by atoms with Gasteiger partial charge in [-0.05, 0) is 36.4 Å². The number of carbonyl (C=O) groups excluding carboxylic acids is 2. The zero-order valence-corrected chi connectivity index (χ0v) is 15.2. The van der Waals surface area contributed by atoms with E-state index in [1.807, 2.05) is 66.7 Å². The Hall–Kier alpha value is -3.73. The molecule has 0 saturated heterocycles. The molecule has 0 bridgehead atoms. The van der Waals surface area contributed by atoms with E-state index in [1.165, 1.54) is 0 Å². The second kappa shape index (κ2) is 7.88. The molecule has 0 radical (unpaired) electrons. The summed E-state index contributed by atoms with van der Waals surface area (Å²) in [5, 5.41) is 2.83. The molecule has 1 heterocycles. The molecule has 5 heteroatoms. The van der Waals surface area contributed by atoms with Gasteiger partial charge in [0.05, 0.1) is 11.0 Å². The first-order valence-electron chi connectivity index (χ1n) is 9.12. The number of ketones is 1. The standard InChI is InChI=1S/C23H19N3O2/c27-21(16-6-2-1-3-7-16)14-15-22(28)24-18-12-10-17(11-13-18)23-25-19-8-4-5-9-20(19)26-23/h1-13H,14-15H2,(H,24,28)(H,25,26). The summed E-state index contributed by atoms with van der Waals surface area (Å²) in [6, 6.07) is 24.3. The van der Waals surface area contributed by atoms with Gasteiger partial charge in [-0.1, -0.05) is 42.5 Å². The second-order valence-electron chi connectivity index (χ2n) is 6.52. The number of nitrogens with zero attached hydrogens (tertiary/aromatic N) is 1. The Morgan fingerprint density at radius 2 is 1.54 bits per heavy atom. The number of hydrogen-bond donors (Lipinski definition) is 2. The second-order valence-corrected chi connectivity index (χ2v) is 6.52. The summed E-state index contributed by atoms with van der Waals surface area (Å²) in [7, 11) is 0. The van der Waals surface area contributed by atoms with Gasteiger partial charge in [0.1, 0.15) is 5.82 Å². The van der Waals surface area contributed by atoms with E-state index in [2.05, 4.69) is 15.3 Å². The first kappa shape index (κ1) is 17.7. The molecule has 0 aliphatic rings. The maximum Gasteiger partial charge on any atom is 0.224 e. The van der Waals surface area contributed by atoms with Gasteiger partial charge in [-0.25, -0.2) is 4.98 Å². The van der Waals surface area contributed by atoms with Crippen molar-refractivity contribution in [1.29, 1.82) is 0 Å². The van der Waals surface area contributed by atoms with E-state index in [1.54, 1.807) is 12.1 Å². The number of fused-ring (bicyclic) bond motifs is 1. The van der Waals surface area contributed by atoms with Crippen LogP contribution in [0.4, 0.5) is 5.69 Å². The molecule has 4 aromatic rings. The van der Waals surface area contributed by atoms with E-state index in [9.17, 15) is 9.59 Å². The van der Waals surface area contributed by atoms with E-state index in [-0.39, 0.29) is 24.5 Å². The Balaban J connectivity index is 1.36. The fourth-order valence-corrected chi connectivity index (χ4v) is 3.02. The average Bonchev–Trinajstić information content (AvgIpc) is 3.17. The van der Waals surface area contributed by atoms with E-state index >= 15 is 0 Å². The van der Waals surface area contributed by atoms with Crippen molar-refractivity contribution in [3.63, 3.8) is 0 Å². The lowest BCUT2D eigenvalue weighted by atomic mass is 10.1. The van der Waals surface area contributed by atoms with Crippen LogP contribution in [0.15, 0.2) is 78.9 Å². The van der Waals surface area contributed by atoms with Gasteiger partial charge in [0, 0.05) is 29.7 Å². The first-order chi connectivity index (χ1) is 13.7. The lowest BCUT2D eigenvalue weighted by Gasteiger charge is -2.06. The van der Waals surface area contributed by atoms with E-state index in [0.29, 0.717) is 11.3 Å². The fraction of sp³-hybridized carbons (Fsp3) is 0.0870. The quantitative estimate of drug-likeness (QED) is 0.478. The Labute approximate surface area is 162 Å². The minimum Gasteiger partial charge on any atom is -0.338 e. The van der Waals surface area contributed by atoms with Crippen LogP contribution < -0.4 is 5.32 Å². The number of nitrogens with one attached hydrogen (secondary N) is 2. The minimum atomic E-state index is -0.180. The van der Waals surface area contributed by atoms with E-state index in [4.69, 9.17) is 0 Å². The molecule has 0 atom stereocenters. The number of aromatic nitrogens is 2. The number of para-hydroxylation sites is 2. The van der Waals surface area contributed by atoms with Crippen molar-refractivity contribution < 1.29 is 9.59 Å². The Morgan fingerprint density at radius 3 is 2.29 bits per heavy atom. The molecular weight excluding hydrogens is 350 g/mol. The highest BCUT2D eigenvalue weighted by Gasteiger charge is 2.10. The van der Waals surface area contributed by atoms with Crippen LogP contribution in [0.25, 0.3) is 22.4 Å². The predicted molar refractivity (Wildman–Crippen MR) is 110 cm³/mol. The molecule has 0 fully saturated rings. The summed E-state index contributed by atoms with van der Waals surface area (Å²) in [6.07, 6.45) is 0.339. The maximum atomic E-state index is 12.1. The third-order valence-electron chi connectivity index (χ3n) is 4.51. The summed E-state index contributed by atoms with van der Waals surface area (Å²) >= 11 is 0. The molecule has 0 saturated carbocycles. The lowest BCUT2D eigenvalue weighted by molar-refractivity contribution is -0.116. The zero-order valence-electron chi connectivity index (χ0n) is 15.2. The smallest absolute Gasteiger partial charge is 0.224 e. The molecule has 4 rings (SSSR count). The summed E-state index contributed by atoms with van der Waals surface area (Å²) in [6.45, 7) is 0. The van der Waals surface area contributed by atoms with E-state index in [0.717, 1.165) is 22.4 Å². The van der Waals surface area contributed by atoms with Crippen molar-refractivity contribution in [2.75, 3.05) is 5.32 Å². The molecule has 28 heavy (non-hydrogen) atoms. The molecule has 138 valence electrons. The van der Waals surface area contributed by atoms with Gasteiger partial charge in [-0.2, -0.15) is 0 Å². The van der Waals surface area contributed by atoms with Crippen LogP contribution >= 0.6 is 0 Å². The van der Waals surface area contributed by atoms with Gasteiger partial charge in [0.25, 0.3) is 0 Å². The van der Waals surface area contributed by atoms with Crippen molar-refractivity contribution >= 4 is 28.4 Å². The number of rotatable bonds is 6. The molecule has 1 amide bonds. The van der Waals surface area contributed by atoms with Gasteiger partial charge >= 0.3 is 0 Å². The largest absolute Gasteiger partial charge is 0.338 e. The summed E-state index contributed by atoms with van der Waals surface area (Å²) < 4.78 is 0. The van der Waals surface area contributed by atoms with Crippen LogP contribution in [0.5, 0.6) is 0 Å². The minimum absolute atomic E-state index is 0.0315. The molecule has 2 N–H and O–H groups in total. The number of hydrogen-bond acceptors (Lipinski definition) is 3. The highest BCUT2D eigenvalue weighted by atomic mass is 16.2. The van der Waals surface area contributed by atoms with Crippen LogP contribution in [0.3, 0.4) is 0 Å². The Morgan fingerprint density at radius 1 is 0.821 bits per heavy atom. The van der Waals surface area contributed by atoms with Crippen LogP contribution in [0.2, 0.25) is 0 Å². The number of Topliss-reactive ketones (excluding diaryl/α,β-unsaturated/α-hetero) is 1. The third kappa shape index (κ3) is 3.99. The molecule has 0 aliphatic heterocycles. The number of imidazole rings is 1. The maximum absolute atomic E-state index is 12.1. The molecule has 3 aromatic carbocycles. The van der Waals surface area contributed by atoms with Gasteiger partial charge in [0.15, 0.2) is 5.78 Å². The van der Waals surface area contributed by atoms with Crippen molar-refractivity contribution in [2.24, 2.45) is 0 Å². The van der Waals surface area contributed by atoms with Crippen LogP contribution in [0, 0.1) is 0 Å². The highest BCUT2D eigenvalue weighted by Crippen LogP contribution is 2.22. The molecular formula is C23H19N3O2. The van der Waals surface area contributed by atoms with E-state index < -0.39 is 0 Å². The number of carbonyl (C=O) groups is 2. The Bertz CT molecular complexity index is 1080. The first-order valence-corrected chi connectivity index (χ1v) is 9.12. The van der Waals surface area contributed by atoms with Crippen LogP contribution in [0.1, 0.15) is 23.2 Å². The molecule has 0 spiro atoms. The normalized spacial score (nSPS) is 10.7.